The maximum absolute atomic E-state index is 4.18. The highest BCUT2D eigenvalue weighted by atomic mass is 15.1. The number of rotatable bonds is 11. The number of fused-ring (bicyclic) bond motifs is 8. The molecular formula is C69H52N2. The Hall–Kier alpha value is -8.98. The standard InChI is InChI=1S/C69H52N2/c1-2-24-57(71-66-44-18-15-39-61(66)62-40-16-19-45-67(62)71)37-23-46-70(58-35-20-31-52(48-58)50-25-6-3-7-26-50)59-36-21-34-56(49-59)69(55-32-10-5-11-33-55)64-42-17-13-30-54(64)47-53-29-12-14-38-60(53)63-41-22-43-65(69)68(63)51-27-8-4-9-28-51/h2-45,48-49H,1,46-47H2/b37-23-,57-24+. The summed E-state index contributed by atoms with van der Waals surface area (Å²) in [6.07, 6.45) is 9.36. The summed E-state index contributed by atoms with van der Waals surface area (Å²) in [6, 6.07) is 93.8. The van der Waals surface area contributed by atoms with E-state index in [2.05, 4.69) is 289 Å². The molecule has 1 heterocycles. The Morgan fingerprint density at radius 2 is 1.00 bits per heavy atom. The Morgan fingerprint density at radius 3 is 1.73 bits per heavy atom. The molecule has 0 N–H and O–H groups in total. The van der Waals surface area contributed by atoms with Crippen LogP contribution in [0.25, 0.3) is 60.9 Å². The van der Waals surface area contributed by atoms with E-state index >= 15 is 0 Å². The second kappa shape index (κ2) is 18.8. The number of allylic oxidation sites excluding steroid dienone is 4. The van der Waals surface area contributed by atoms with Crippen molar-refractivity contribution in [3.8, 4) is 33.4 Å². The van der Waals surface area contributed by atoms with E-state index in [-0.39, 0.29) is 0 Å². The van der Waals surface area contributed by atoms with Gasteiger partial charge in [-0.2, -0.15) is 0 Å². The van der Waals surface area contributed by atoms with Gasteiger partial charge in [-0.15, -0.1) is 0 Å². The molecule has 2 heteroatoms. The SMILES string of the molecule is C=C/C=C(\C=C/CN(c1cccc(-c2ccccc2)c1)c1cccc(C2(c3ccccc3)c3ccccc3Cc3ccccc3-c3cccc2c3-c2ccccc2)c1)n1c2ccccc2c2ccccc21. The van der Waals surface area contributed by atoms with Crippen LogP contribution in [0.3, 0.4) is 0 Å². The van der Waals surface area contributed by atoms with Crippen LogP contribution in [0.4, 0.5) is 11.4 Å². The second-order valence-electron chi connectivity index (χ2n) is 18.4. The molecule has 2 bridgehead atoms. The van der Waals surface area contributed by atoms with Crippen molar-refractivity contribution >= 4 is 38.9 Å². The monoisotopic (exact) mass is 908 g/mol. The van der Waals surface area contributed by atoms with Gasteiger partial charge in [-0.25, -0.2) is 0 Å². The van der Waals surface area contributed by atoms with Gasteiger partial charge in [0.2, 0.25) is 0 Å². The summed E-state index contributed by atoms with van der Waals surface area (Å²) >= 11 is 0. The molecule has 0 saturated carbocycles. The van der Waals surface area contributed by atoms with Crippen molar-refractivity contribution in [1.82, 2.24) is 4.57 Å². The molecule has 0 aliphatic heterocycles. The van der Waals surface area contributed by atoms with E-state index in [0.29, 0.717) is 6.54 Å². The zero-order chi connectivity index (χ0) is 47.6. The predicted octanol–water partition coefficient (Wildman–Crippen LogP) is 17.5. The molecule has 1 aliphatic carbocycles. The zero-order valence-corrected chi connectivity index (χ0v) is 39.6. The quantitative estimate of drug-likeness (QED) is 0.117. The smallest absolute Gasteiger partial charge is 0.0711 e. The average molecular weight is 909 g/mol. The fourth-order valence-electron chi connectivity index (χ4n) is 11.4. The third-order valence-corrected chi connectivity index (χ3v) is 14.4. The molecule has 0 fully saturated rings. The van der Waals surface area contributed by atoms with Gasteiger partial charge in [-0.05, 0) is 122 Å². The lowest BCUT2D eigenvalue weighted by Gasteiger charge is -2.40. The molecule has 338 valence electrons. The van der Waals surface area contributed by atoms with E-state index in [1.165, 1.54) is 77.5 Å². The van der Waals surface area contributed by atoms with Gasteiger partial charge in [0.1, 0.15) is 0 Å². The topological polar surface area (TPSA) is 8.17 Å². The highest BCUT2D eigenvalue weighted by molar-refractivity contribution is 6.10. The van der Waals surface area contributed by atoms with Crippen LogP contribution in [-0.2, 0) is 11.8 Å². The minimum absolute atomic E-state index is 0.600. The molecule has 2 nitrogen and oxygen atoms in total. The minimum Gasteiger partial charge on any atom is -0.338 e. The Kier molecular flexibility index (Phi) is 11.5. The Bertz CT molecular complexity index is 3730. The lowest BCUT2D eigenvalue weighted by atomic mass is 9.62. The number of benzene rings is 10. The van der Waals surface area contributed by atoms with E-state index in [1.807, 2.05) is 6.08 Å². The summed E-state index contributed by atoms with van der Waals surface area (Å²) in [4.78, 5) is 2.47. The molecule has 11 aromatic rings. The molecule has 71 heavy (non-hydrogen) atoms. The number of nitrogens with zero attached hydrogens (tertiary/aromatic N) is 2. The van der Waals surface area contributed by atoms with Crippen molar-refractivity contribution in [2.24, 2.45) is 0 Å². The molecule has 1 unspecified atom stereocenters. The van der Waals surface area contributed by atoms with Gasteiger partial charge in [0.05, 0.1) is 16.4 Å². The number of para-hydroxylation sites is 2. The van der Waals surface area contributed by atoms with Gasteiger partial charge in [-0.3, -0.25) is 0 Å². The van der Waals surface area contributed by atoms with Crippen molar-refractivity contribution < 1.29 is 0 Å². The predicted molar refractivity (Wildman–Crippen MR) is 300 cm³/mol. The summed E-state index contributed by atoms with van der Waals surface area (Å²) in [7, 11) is 0. The van der Waals surface area contributed by atoms with Crippen LogP contribution in [0.5, 0.6) is 0 Å². The molecule has 0 amide bonds. The largest absolute Gasteiger partial charge is 0.338 e. The van der Waals surface area contributed by atoms with Crippen molar-refractivity contribution in [1.29, 1.82) is 0 Å². The first-order valence-electron chi connectivity index (χ1n) is 24.6. The van der Waals surface area contributed by atoms with Crippen LogP contribution in [0.2, 0.25) is 0 Å². The number of hydrogen-bond donors (Lipinski definition) is 0. The van der Waals surface area contributed by atoms with E-state index in [9.17, 15) is 0 Å². The highest BCUT2D eigenvalue weighted by Crippen LogP contribution is 2.54. The minimum atomic E-state index is -0.735. The van der Waals surface area contributed by atoms with Crippen LogP contribution < -0.4 is 4.90 Å². The fourth-order valence-corrected chi connectivity index (χ4v) is 11.4. The van der Waals surface area contributed by atoms with Crippen molar-refractivity contribution in [2.45, 2.75) is 11.8 Å². The van der Waals surface area contributed by atoms with Gasteiger partial charge in [0.25, 0.3) is 0 Å². The van der Waals surface area contributed by atoms with Crippen molar-refractivity contribution in [3.05, 3.63) is 319 Å². The number of anilines is 2. The lowest BCUT2D eigenvalue weighted by Crippen LogP contribution is -2.33. The average Bonchev–Trinajstić information content (AvgIpc) is 3.78. The third-order valence-electron chi connectivity index (χ3n) is 14.4. The van der Waals surface area contributed by atoms with Crippen molar-refractivity contribution in [2.75, 3.05) is 11.4 Å². The molecule has 0 saturated heterocycles. The van der Waals surface area contributed by atoms with E-state index in [0.717, 1.165) is 34.5 Å². The van der Waals surface area contributed by atoms with Crippen molar-refractivity contribution in [3.63, 3.8) is 0 Å². The van der Waals surface area contributed by atoms with Crippen LogP contribution in [-0.4, -0.2) is 11.1 Å². The molecule has 0 spiro atoms. The Morgan fingerprint density at radius 1 is 0.465 bits per heavy atom. The zero-order valence-electron chi connectivity index (χ0n) is 39.6. The third kappa shape index (κ3) is 7.71. The number of aromatic nitrogens is 1. The Labute approximate surface area is 417 Å². The summed E-state index contributed by atoms with van der Waals surface area (Å²) in [6.45, 7) is 4.78. The normalized spacial score (nSPS) is 14.3. The summed E-state index contributed by atoms with van der Waals surface area (Å²) in [5, 5.41) is 2.46. The summed E-state index contributed by atoms with van der Waals surface area (Å²) < 4.78 is 2.36. The maximum Gasteiger partial charge on any atom is 0.0711 e. The van der Waals surface area contributed by atoms with Crippen LogP contribution in [0.1, 0.15) is 33.4 Å². The summed E-state index contributed by atoms with van der Waals surface area (Å²) in [5.74, 6) is 0. The van der Waals surface area contributed by atoms with Gasteiger partial charge in [-0.1, -0.05) is 237 Å². The Balaban J connectivity index is 1.09. The molecule has 1 aromatic heterocycles. The van der Waals surface area contributed by atoms with Gasteiger partial charge in [0, 0.05) is 34.4 Å². The van der Waals surface area contributed by atoms with Gasteiger partial charge >= 0.3 is 0 Å². The molecular weight excluding hydrogens is 857 g/mol. The number of hydrogen-bond acceptors (Lipinski definition) is 1. The first-order valence-corrected chi connectivity index (χ1v) is 24.6. The van der Waals surface area contributed by atoms with Crippen LogP contribution in [0, 0.1) is 0 Å². The van der Waals surface area contributed by atoms with E-state index in [1.54, 1.807) is 0 Å². The van der Waals surface area contributed by atoms with Gasteiger partial charge in [0.15, 0.2) is 0 Å². The van der Waals surface area contributed by atoms with E-state index in [4.69, 9.17) is 0 Å². The molecule has 0 radical (unpaired) electrons. The highest BCUT2D eigenvalue weighted by Gasteiger charge is 2.43. The van der Waals surface area contributed by atoms with E-state index < -0.39 is 5.41 Å². The van der Waals surface area contributed by atoms with Crippen LogP contribution >= 0.6 is 0 Å². The lowest BCUT2D eigenvalue weighted by molar-refractivity contribution is 0.737. The van der Waals surface area contributed by atoms with Gasteiger partial charge < -0.3 is 9.47 Å². The fraction of sp³-hybridized carbons (Fsp3) is 0.0435. The molecule has 1 aliphatic rings. The molecule has 12 rings (SSSR count). The first-order chi connectivity index (χ1) is 35.2. The maximum atomic E-state index is 4.18. The molecule has 10 aromatic carbocycles. The van der Waals surface area contributed by atoms with Crippen LogP contribution in [0.15, 0.2) is 286 Å². The molecule has 1 atom stereocenters. The first kappa shape index (κ1) is 43.3. The summed E-state index contributed by atoms with van der Waals surface area (Å²) in [5.41, 5.74) is 19.7. The second-order valence-corrected chi connectivity index (χ2v) is 18.4.